The SMILES string of the molecule is CCN(Cc1ccccc1)[C@@H]1COc2ccc(C(=O)O)cc2C1.Cl. The maximum Gasteiger partial charge on any atom is 0.335 e. The van der Waals surface area contributed by atoms with Crippen LogP contribution in [-0.2, 0) is 13.0 Å². The van der Waals surface area contributed by atoms with E-state index in [0.29, 0.717) is 12.2 Å². The summed E-state index contributed by atoms with van der Waals surface area (Å²) >= 11 is 0. The van der Waals surface area contributed by atoms with Crippen LogP contribution in [0.15, 0.2) is 48.5 Å². The van der Waals surface area contributed by atoms with Gasteiger partial charge in [0, 0.05) is 12.6 Å². The molecule has 0 fully saturated rings. The molecular formula is C19H22ClNO3. The van der Waals surface area contributed by atoms with E-state index < -0.39 is 5.97 Å². The summed E-state index contributed by atoms with van der Waals surface area (Å²) in [6, 6.07) is 15.7. The number of hydrogen-bond acceptors (Lipinski definition) is 3. The van der Waals surface area contributed by atoms with Gasteiger partial charge >= 0.3 is 5.97 Å². The Hall–Kier alpha value is -2.04. The lowest BCUT2D eigenvalue weighted by atomic mass is 9.98. The van der Waals surface area contributed by atoms with Gasteiger partial charge in [-0.05, 0) is 42.3 Å². The largest absolute Gasteiger partial charge is 0.492 e. The van der Waals surface area contributed by atoms with Crippen molar-refractivity contribution in [3.05, 3.63) is 65.2 Å². The summed E-state index contributed by atoms with van der Waals surface area (Å²) in [5, 5.41) is 9.15. The fraction of sp³-hybridized carbons (Fsp3) is 0.316. The van der Waals surface area contributed by atoms with Gasteiger partial charge < -0.3 is 9.84 Å². The average Bonchev–Trinajstić information content (AvgIpc) is 2.59. The fourth-order valence-electron chi connectivity index (χ4n) is 3.06. The first kappa shape index (κ1) is 18.3. The van der Waals surface area contributed by atoms with Crippen molar-refractivity contribution in [3.63, 3.8) is 0 Å². The molecule has 1 atom stereocenters. The highest BCUT2D eigenvalue weighted by Gasteiger charge is 2.25. The van der Waals surface area contributed by atoms with E-state index in [1.807, 2.05) is 6.07 Å². The first-order valence-electron chi connectivity index (χ1n) is 7.94. The predicted octanol–water partition coefficient (Wildman–Crippen LogP) is 3.63. The summed E-state index contributed by atoms with van der Waals surface area (Å²) in [5.41, 5.74) is 2.58. The maximum atomic E-state index is 11.1. The Morgan fingerprint density at radius 3 is 2.67 bits per heavy atom. The molecule has 0 aliphatic carbocycles. The summed E-state index contributed by atoms with van der Waals surface area (Å²) in [6.07, 6.45) is 0.817. The third kappa shape index (κ3) is 4.08. The second-order valence-electron chi connectivity index (χ2n) is 5.85. The number of hydrogen-bond donors (Lipinski definition) is 1. The topological polar surface area (TPSA) is 49.8 Å². The normalized spacial score (nSPS) is 16.0. The molecule has 24 heavy (non-hydrogen) atoms. The monoisotopic (exact) mass is 347 g/mol. The number of benzene rings is 2. The van der Waals surface area contributed by atoms with E-state index >= 15 is 0 Å². The van der Waals surface area contributed by atoms with Gasteiger partial charge in [0.25, 0.3) is 0 Å². The van der Waals surface area contributed by atoms with Crippen LogP contribution in [0.4, 0.5) is 0 Å². The number of nitrogens with zero attached hydrogens (tertiary/aromatic N) is 1. The van der Waals surface area contributed by atoms with Crippen molar-refractivity contribution in [1.82, 2.24) is 4.90 Å². The van der Waals surface area contributed by atoms with Crippen LogP contribution in [0, 0.1) is 0 Å². The fourth-order valence-corrected chi connectivity index (χ4v) is 3.06. The molecule has 0 bridgehead atoms. The number of carboxylic acid groups (broad SMARTS) is 1. The smallest absolute Gasteiger partial charge is 0.335 e. The molecule has 1 aliphatic rings. The molecule has 0 spiro atoms. The molecule has 0 saturated heterocycles. The van der Waals surface area contributed by atoms with Crippen molar-refractivity contribution in [3.8, 4) is 5.75 Å². The van der Waals surface area contributed by atoms with Gasteiger partial charge in [-0.1, -0.05) is 37.3 Å². The Labute approximate surface area is 148 Å². The lowest BCUT2D eigenvalue weighted by Crippen LogP contribution is -2.42. The zero-order valence-electron chi connectivity index (χ0n) is 13.6. The molecule has 0 aromatic heterocycles. The molecule has 0 unspecified atom stereocenters. The van der Waals surface area contributed by atoms with Crippen LogP contribution >= 0.6 is 12.4 Å². The minimum Gasteiger partial charge on any atom is -0.492 e. The molecule has 5 heteroatoms. The van der Waals surface area contributed by atoms with Crippen molar-refractivity contribution in [1.29, 1.82) is 0 Å². The lowest BCUT2D eigenvalue weighted by molar-refractivity contribution is 0.0696. The summed E-state index contributed by atoms with van der Waals surface area (Å²) in [7, 11) is 0. The van der Waals surface area contributed by atoms with E-state index in [0.717, 1.165) is 30.8 Å². The number of fused-ring (bicyclic) bond motifs is 1. The summed E-state index contributed by atoms with van der Waals surface area (Å²) in [6.45, 7) is 4.59. The number of likely N-dealkylation sites (N-methyl/N-ethyl adjacent to an activating group) is 1. The van der Waals surface area contributed by atoms with E-state index in [2.05, 4.69) is 36.1 Å². The molecule has 2 aromatic rings. The Morgan fingerprint density at radius 1 is 1.25 bits per heavy atom. The number of carbonyl (C=O) groups is 1. The number of rotatable bonds is 5. The lowest BCUT2D eigenvalue weighted by Gasteiger charge is -2.34. The quantitative estimate of drug-likeness (QED) is 0.897. The minimum absolute atomic E-state index is 0. The first-order chi connectivity index (χ1) is 11.2. The van der Waals surface area contributed by atoms with Crippen LogP contribution in [0.5, 0.6) is 5.75 Å². The summed E-state index contributed by atoms with van der Waals surface area (Å²) in [4.78, 5) is 13.5. The summed E-state index contributed by atoms with van der Waals surface area (Å²) in [5.74, 6) is -0.0893. The number of halogens is 1. The van der Waals surface area contributed by atoms with Gasteiger partial charge in [-0.2, -0.15) is 0 Å². The summed E-state index contributed by atoms with van der Waals surface area (Å²) < 4.78 is 5.86. The van der Waals surface area contributed by atoms with Gasteiger partial charge in [0.1, 0.15) is 12.4 Å². The number of aromatic carboxylic acids is 1. The van der Waals surface area contributed by atoms with Crippen molar-refractivity contribution in [2.75, 3.05) is 13.2 Å². The Balaban J connectivity index is 0.00000208. The minimum atomic E-state index is -0.897. The van der Waals surface area contributed by atoms with E-state index in [1.54, 1.807) is 18.2 Å². The second kappa shape index (κ2) is 8.18. The maximum absolute atomic E-state index is 11.1. The van der Waals surface area contributed by atoms with E-state index in [1.165, 1.54) is 5.56 Å². The molecule has 0 amide bonds. The Kier molecular flexibility index (Phi) is 6.23. The van der Waals surface area contributed by atoms with Crippen LogP contribution in [0.3, 0.4) is 0 Å². The first-order valence-corrected chi connectivity index (χ1v) is 7.94. The average molecular weight is 348 g/mol. The zero-order chi connectivity index (χ0) is 16.2. The van der Waals surface area contributed by atoms with Crippen molar-refractivity contribution < 1.29 is 14.6 Å². The molecule has 3 rings (SSSR count). The molecule has 0 saturated carbocycles. The van der Waals surface area contributed by atoms with E-state index in [4.69, 9.17) is 9.84 Å². The third-order valence-electron chi connectivity index (χ3n) is 4.35. The molecular weight excluding hydrogens is 326 g/mol. The van der Waals surface area contributed by atoms with Crippen LogP contribution in [0.1, 0.15) is 28.4 Å². The highest BCUT2D eigenvalue weighted by molar-refractivity contribution is 5.88. The van der Waals surface area contributed by atoms with Crippen molar-refractivity contribution in [2.24, 2.45) is 0 Å². The van der Waals surface area contributed by atoms with Crippen molar-refractivity contribution >= 4 is 18.4 Å². The van der Waals surface area contributed by atoms with Gasteiger partial charge in [-0.15, -0.1) is 12.4 Å². The molecule has 1 heterocycles. The predicted molar refractivity (Wildman–Crippen MR) is 96.2 cm³/mol. The Bertz CT molecular complexity index is 690. The number of ether oxygens (including phenoxy) is 1. The second-order valence-corrected chi connectivity index (χ2v) is 5.85. The standard InChI is InChI=1S/C19H21NO3.ClH/c1-2-20(12-14-6-4-3-5-7-14)17-11-16-10-15(19(21)22)8-9-18(16)23-13-17;/h3-10,17H,2,11-13H2,1H3,(H,21,22);1H/t17-;/m0./s1. The van der Waals surface area contributed by atoms with Gasteiger partial charge in [-0.3, -0.25) is 4.90 Å². The number of carboxylic acids is 1. The highest BCUT2D eigenvalue weighted by atomic mass is 35.5. The van der Waals surface area contributed by atoms with E-state index in [-0.39, 0.29) is 18.4 Å². The van der Waals surface area contributed by atoms with Crippen LogP contribution < -0.4 is 4.74 Å². The van der Waals surface area contributed by atoms with Gasteiger partial charge in [0.2, 0.25) is 0 Å². The van der Waals surface area contributed by atoms with E-state index in [9.17, 15) is 4.79 Å². The Morgan fingerprint density at radius 2 is 2.00 bits per heavy atom. The van der Waals surface area contributed by atoms with Gasteiger partial charge in [-0.25, -0.2) is 4.79 Å². The molecule has 0 radical (unpaired) electrons. The van der Waals surface area contributed by atoms with Crippen molar-refractivity contribution in [2.45, 2.75) is 25.9 Å². The third-order valence-corrected chi connectivity index (χ3v) is 4.35. The van der Waals surface area contributed by atoms with Gasteiger partial charge in [0.15, 0.2) is 0 Å². The molecule has 128 valence electrons. The van der Waals surface area contributed by atoms with Gasteiger partial charge in [0.05, 0.1) is 5.56 Å². The van der Waals surface area contributed by atoms with Crippen LogP contribution in [0.25, 0.3) is 0 Å². The highest BCUT2D eigenvalue weighted by Crippen LogP contribution is 2.28. The molecule has 2 aromatic carbocycles. The molecule has 1 N–H and O–H groups in total. The zero-order valence-corrected chi connectivity index (χ0v) is 14.5. The van der Waals surface area contributed by atoms with Crippen LogP contribution in [0.2, 0.25) is 0 Å². The molecule has 1 aliphatic heterocycles. The molecule has 4 nitrogen and oxygen atoms in total. The van der Waals surface area contributed by atoms with Crippen LogP contribution in [-0.4, -0.2) is 35.2 Å².